The predicted octanol–water partition coefficient (Wildman–Crippen LogP) is 4.66. The number of hydrogen-bond donors (Lipinski definition) is 3. The second-order valence-electron chi connectivity index (χ2n) is 12.3. The van der Waals surface area contributed by atoms with E-state index in [1.807, 2.05) is 16.8 Å². The van der Waals surface area contributed by atoms with Crippen LogP contribution in [0.3, 0.4) is 0 Å². The highest BCUT2D eigenvalue weighted by atomic mass is 32.1. The SMILES string of the molecule is CC1CCC(Cn2nc(-c3nc(N)c4c(n3)NC(=O)[C@@]4(C)c3nc(CC(C)(C)C(=O)O)cs3)c3cccnc32)CC1. The Morgan fingerprint density at radius 3 is 2.73 bits per heavy atom. The van der Waals surface area contributed by atoms with Crippen molar-refractivity contribution in [1.82, 2.24) is 29.7 Å². The summed E-state index contributed by atoms with van der Waals surface area (Å²) in [7, 11) is 0. The van der Waals surface area contributed by atoms with E-state index in [9.17, 15) is 14.7 Å². The van der Waals surface area contributed by atoms with Gasteiger partial charge in [0.2, 0.25) is 5.91 Å². The van der Waals surface area contributed by atoms with Gasteiger partial charge in [-0.2, -0.15) is 5.10 Å². The van der Waals surface area contributed by atoms with E-state index < -0.39 is 16.8 Å². The molecule has 1 saturated carbocycles. The van der Waals surface area contributed by atoms with Gasteiger partial charge in [0.15, 0.2) is 11.5 Å². The van der Waals surface area contributed by atoms with Crippen LogP contribution in [0.1, 0.15) is 69.6 Å². The van der Waals surface area contributed by atoms with Crippen LogP contribution in [0, 0.1) is 17.3 Å². The van der Waals surface area contributed by atoms with Crippen LogP contribution in [0.25, 0.3) is 22.6 Å². The Labute approximate surface area is 241 Å². The molecule has 1 aliphatic heterocycles. The largest absolute Gasteiger partial charge is 0.481 e. The molecular formula is C29H34N8O3S. The van der Waals surface area contributed by atoms with Crippen LogP contribution in [-0.4, -0.2) is 46.7 Å². The van der Waals surface area contributed by atoms with E-state index in [-0.39, 0.29) is 18.1 Å². The van der Waals surface area contributed by atoms with E-state index in [0.29, 0.717) is 39.5 Å². The first-order valence-electron chi connectivity index (χ1n) is 14.0. The summed E-state index contributed by atoms with van der Waals surface area (Å²) in [5, 5.41) is 20.5. The molecule has 6 rings (SSSR count). The standard InChI is InChI=1S/C29H34N8O3S/c1-15-7-9-16(10-8-15)13-37-24-18(6-5-11-31-24)20(36-37)23-33-21(30)19-22(34-23)35-25(38)29(19,4)26-32-17(14-41-26)12-28(2,3)27(39)40/h5-6,11,14-16H,7-10,12-13H2,1-4H3,(H,39,40)(H3,30,33,34,35,38)/t15?,16?,29-/m0/s1. The number of nitrogens with one attached hydrogen (secondary N) is 1. The van der Waals surface area contributed by atoms with Crippen LogP contribution in [0.4, 0.5) is 11.6 Å². The third-order valence-corrected chi connectivity index (χ3v) is 9.70. The van der Waals surface area contributed by atoms with Crippen molar-refractivity contribution in [1.29, 1.82) is 0 Å². The van der Waals surface area contributed by atoms with E-state index in [4.69, 9.17) is 15.8 Å². The number of amides is 1. The molecule has 0 unspecified atom stereocenters. The van der Waals surface area contributed by atoms with Crippen LogP contribution < -0.4 is 11.1 Å². The first kappa shape index (κ1) is 27.3. The Balaban J connectivity index is 1.36. The number of anilines is 2. The Morgan fingerprint density at radius 2 is 2.00 bits per heavy atom. The summed E-state index contributed by atoms with van der Waals surface area (Å²) in [6, 6.07) is 3.82. The lowest BCUT2D eigenvalue weighted by Crippen LogP contribution is -2.33. The van der Waals surface area contributed by atoms with E-state index >= 15 is 0 Å². The first-order chi connectivity index (χ1) is 19.5. The monoisotopic (exact) mass is 574 g/mol. The zero-order valence-electron chi connectivity index (χ0n) is 23.6. The van der Waals surface area contributed by atoms with Crippen molar-refractivity contribution in [2.24, 2.45) is 17.3 Å². The molecule has 0 saturated heterocycles. The van der Waals surface area contributed by atoms with Gasteiger partial charge in [-0.05, 0) is 57.6 Å². The maximum absolute atomic E-state index is 13.4. The lowest BCUT2D eigenvalue weighted by molar-refractivity contribution is -0.146. The highest BCUT2D eigenvalue weighted by Gasteiger charge is 2.50. The second kappa shape index (κ2) is 9.86. The van der Waals surface area contributed by atoms with Crippen LogP contribution in [0.5, 0.6) is 0 Å². The smallest absolute Gasteiger partial charge is 0.309 e. The number of pyridine rings is 1. The summed E-state index contributed by atoms with van der Waals surface area (Å²) in [5.41, 5.74) is 6.76. The Bertz CT molecular complexity index is 1670. The van der Waals surface area contributed by atoms with Gasteiger partial charge in [0.05, 0.1) is 22.1 Å². The first-order valence-corrected chi connectivity index (χ1v) is 14.8. The number of nitrogens with zero attached hydrogens (tertiary/aromatic N) is 6. The molecule has 41 heavy (non-hydrogen) atoms. The molecule has 1 fully saturated rings. The Morgan fingerprint density at radius 1 is 1.24 bits per heavy atom. The molecule has 0 spiro atoms. The lowest BCUT2D eigenvalue weighted by atomic mass is 9.83. The van der Waals surface area contributed by atoms with Crippen LogP contribution >= 0.6 is 11.3 Å². The molecule has 5 heterocycles. The van der Waals surface area contributed by atoms with Crippen molar-refractivity contribution in [2.75, 3.05) is 11.1 Å². The number of carboxylic acids is 1. The molecule has 4 aromatic rings. The van der Waals surface area contributed by atoms with Crippen molar-refractivity contribution in [3.63, 3.8) is 0 Å². The van der Waals surface area contributed by atoms with Gasteiger partial charge in [-0.1, -0.05) is 19.8 Å². The number of nitrogen functional groups attached to an aromatic ring is 1. The second-order valence-corrected chi connectivity index (χ2v) is 13.1. The molecule has 2 aliphatic rings. The van der Waals surface area contributed by atoms with Gasteiger partial charge in [0.1, 0.15) is 27.8 Å². The number of aliphatic carboxylic acids is 1. The van der Waals surface area contributed by atoms with E-state index in [0.717, 1.165) is 23.5 Å². The molecule has 0 aromatic carbocycles. The van der Waals surface area contributed by atoms with Crippen molar-refractivity contribution in [3.8, 4) is 11.5 Å². The van der Waals surface area contributed by atoms with Gasteiger partial charge in [0, 0.05) is 24.5 Å². The molecule has 1 aliphatic carbocycles. The fourth-order valence-electron chi connectivity index (χ4n) is 5.92. The molecule has 0 bridgehead atoms. The zero-order chi connectivity index (χ0) is 29.1. The van der Waals surface area contributed by atoms with E-state index in [1.54, 1.807) is 32.3 Å². The highest BCUT2D eigenvalue weighted by Crippen LogP contribution is 2.46. The number of carbonyl (C=O) groups is 2. The summed E-state index contributed by atoms with van der Waals surface area (Å²) in [4.78, 5) is 43.7. The van der Waals surface area contributed by atoms with Gasteiger partial charge >= 0.3 is 5.97 Å². The minimum absolute atomic E-state index is 0.168. The predicted molar refractivity (Wildman–Crippen MR) is 156 cm³/mol. The van der Waals surface area contributed by atoms with Crippen LogP contribution in [0.2, 0.25) is 0 Å². The van der Waals surface area contributed by atoms with Crippen molar-refractivity contribution in [3.05, 3.63) is 40.0 Å². The summed E-state index contributed by atoms with van der Waals surface area (Å²) in [5.74, 6) is 0.906. The maximum Gasteiger partial charge on any atom is 0.309 e. The molecule has 0 radical (unpaired) electrons. The molecule has 1 amide bonds. The fraction of sp³-hybridized carbons (Fsp3) is 0.483. The number of thiazole rings is 1. The van der Waals surface area contributed by atoms with Gasteiger partial charge in [-0.25, -0.2) is 24.6 Å². The normalized spacial score (nSPS) is 22.6. The number of fused-ring (bicyclic) bond motifs is 2. The fourth-order valence-corrected chi connectivity index (χ4v) is 6.91. The molecular weight excluding hydrogens is 540 g/mol. The minimum atomic E-state index is -1.21. The van der Waals surface area contributed by atoms with Gasteiger partial charge in [-0.15, -0.1) is 11.3 Å². The van der Waals surface area contributed by atoms with Crippen LogP contribution in [0.15, 0.2) is 23.7 Å². The number of aromatic nitrogens is 6. The summed E-state index contributed by atoms with van der Waals surface area (Å²) < 4.78 is 1.95. The average Bonchev–Trinajstić information content (AvgIpc) is 3.61. The van der Waals surface area contributed by atoms with E-state index in [1.165, 1.54) is 37.0 Å². The third-order valence-electron chi connectivity index (χ3n) is 8.59. The van der Waals surface area contributed by atoms with Crippen molar-refractivity contribution in [2.45, 2.75) is 71.8 Å². The highest BCUT2D eigenvalue weighted by molar-refractivity contribution is 7.10. The summed E-state index contributed by atoms with van der Waals surface area (Å²) >= 11 is 1.30. The number of hydrogen-bond acceptors (Lipinski definition) is 9. The molecule has 4 N–H and O–H groups in total. The summed E-state index contributed by atoms with van der Waals surface area (Å²) in [6.07, 6.45) is 6.79. The molecule has 1 atom stereocenters. The average molecular weight is 575 g/mol. The van der Waals surface area contributed by atoms with Crippen LogP contribution in [-0.2, 0) is 28.0 Å². The lowest BCUT2D eigenvalue weighted by Gasteiger charge is -2.26. The number of carboxylic acid groups (broad SMARTS) is 1. The summed E-state index contributed by atoms with van der Waals surface area (Å²) in [6.45, 7) is 8.14. The molecule has 214 valence electrons. The van der Waals surface area contributed by atoms with E-state index in [2.05, 4.69) is 27.2 Å². The third kappa shape index (κ3) is 4.63. The Hall–Kier alpha value is -3.93. The Kier molecular flexibility index (Phi) is 6.55. The molecule has 11 nitrogen and oxygen atoms in total. The number of nitrogens with two attached hydrogens (primary N) is 1. The van der Waals surface area contributed by atoms with Gasteiger partial charge < -0.3 is 16.2 Å². The van der Waals surface area contributed by atoms with Gasteiger partial charge in [-0.3, -0.25) is 9.59 Å². The topological polar surface area (TPSA) is 162 Å². The maximum atomic E-state index is 13.4. The number of rotatable bonds is 7. The minimum Gasteiger partial charge on any atom is -0.481 e. The van der Waals surface area contributed by atoms with Crippen molar-refractivity contribution >= 4 is 45.9 Å². The van der Waals surface area contributed by atoms with Crippen molar-refractivity contribution < 1.29 is 14.7 Å². The zero-order valence-corrected chi connectivity index (χ0v) is 24.5. The molecule has 4 aromatic heterocycles. The quantitative estimate of drug-likeness (QED) is 0.285. The molecule has 12 heteroatoms. The number of carbonyl (C=O) groups excluding carboxylic acids is 1. The van der Waals surface area contributed by atoms with Gasteiger partial charge in [0.25, 0.3) is 0 Å².